The Balaban J connectivity index is -0.0000000389. The Labute approximate surface area is 97.9 Å². The summed E-state index contributed by atoms with van der Waals surface area (Å²) in [7, 11) is 0.241. The first-order chi connectivity index (χ1) is 4.88. The van der Waals surface area contributed by atoms with Gasteiger partial charge < -0.3 is 16.4 Å². The zero-order valence-corrected chi connectivity index (χ0v) is 13.8. The van der Waals surface area contributed by atoms with E-state index < -0.39 is 0 Å². The Morgan fingerprint density at radius 2 is 0.917 bits per heavy atom. The van der Waals surface area contributed by atoms with Crippen LogP contribution in [0.4, 0.5) is 0 Å². The van der Waals surface area contributed by atoms with Gasteiger partial charge in [-0.25, -0.2) is 0 Å². The maximum atomic E-state index is 8.45. The van der Waals surface area contributed by atoms with Crippen molar-refractivity contribution in [1.29, 1.82) is 0 Å². The van der Waals surface area contributed by atoms with E-state index in [9.17, 15) is 0 Å². The molecule has 0 atom stereocenters. The minimum absolute atomic E-state index is 0. The quantitative estimate of drug-likeness (QED) is 0.341. The number of halogens is 1. The SMILES string of the molecule is C[PH+](C)C.C[PH+](C)C.O=[C-]Cl.[Ir]. The van der Waals surface area contributed by atoms with Gasteiger partial charge in [-0.05, 0) is 15.8 Å². The van der Waals surface area contributed by atoms with Crippen LogP contribution in [-0.2, 0) is 24.9 Å². The largest absolute Gasteiger partial charge is 0.525 e. The third-order valence-electron chi connectivity index (χ3n) is 0. The zero-order valence-electron chi connectivity index (χ0n) is 8.62. The predicted octanol–water partition coefficient (Wildman–Crippen LogP) is 2.47. The van der Waals surface area contributed by atoms with Crippen LogP contribution in [0.5, 0.6) is 0 Å². The van der Waals surface area contributed by atoms with Gasteiger partial charge in [0.15, 0.2) is 0 Å². The van der Waals surface area contributed by atoms with E-state index in [0.717, 1.165) is 5.75 Å². The van der Waals surface area contributed by atoms with Gasteiger partial charge in [-0.1, -0.05) is 0 Å². The molecule has 0 rings (SSSR count). The molecule has 0 heterocycles. The molecule has 0 spiro atoms. The van der Waals surface area contributed by atoms with E-state index in [-0.39, 0.29) is 35.9 Å². The minimum Gasteiger partial charge on any atom is -0.525 e. The van der Waals surface area contributed by atoms with Crippen LogP contribution in [0.25, 0.3) is 0 Å². The van der Waals surface area contributed by atoms with Crippen molar-refractivity contribution in [2.24, 2.45) is 0 Å². The van der Waals surface area contributed by atoms with Gasteiger partial charge in [-0.3, -0.25) is 0 Å². The van der Waals surface area contributed by atoms with Crippen LogP contribution in [0, 0.1) is 0 Å². The third kappa shape index (κ3) is 582. The second-order valence-corrected chi connectivity index (χ2v) is 9.23. The van der Waals surface area contributed by atoms with Crippen LogP contribution < -0.4 is 0 Å². The molecule has 0 aromatic rings. The van der Waals surface area contributed by atoms with Crippen molar-refractivity contribution >= 4 is 33.2 Å². The van der Waals surface area contributed by atoms with E-state index in [2.05, 4.69) is 51.6 Å². The summed E-state index contributed by atoms with van der Waals surface area (Å²) in [5, 5.41) is 0. The van der Waals surface area contributed by atoms with Crippen molar-refractivity contribution < 1.29 is 24.9 Å². The van der Waals surface area contributed by atoms with Gasteiger partial charge in [-0.15, -0.1) is 0 Å². The van der Waals surface area contributed by atoms with E-state index in [1.165, 1.54) is 0 Å². The third-order valence-corrected chi connectivity index (χ3v) is 0. The minimum atomic E-state index is 0. The number of carbonyl (C=O) groups excluding carboxylic acids is 1. The molecule has 0 amide bonds. The van der Waals surface area contributed by atoms with E-state index >= 15 is 0 Å². The van der Waals surface area contributed by atoms with Gasteiger partial charge >= 0.3 is 0 Å². The molecule has 0 N–H and O–H groups in total. The smallest absolute Gasteiger partial charge is 0.0461 e. The molecular formula is C7H20ClIrOP2+. The van der Waals surface area contributed by atoms with Crippen LogP contribution in [0.15, 0.2) is 0 Å². The molecule has 0 aromatic heterocycles. The van der Waals surface area contributed by atoms with E-state index in [0.29, 0.717) is 0 Å². The molecule has 1 nitrogen and oxygen atoms in total. The summed E-state index contributed by atoms with van der Waals surface area (Å²) in [5.74, 6) is 0.972. The summed E-state index contributed by atoms with van der Waals surface area (Å²) in [6.07, 6.45) is 0. The normalized spacial score (nSPS) is 7.08. The molecular weight excluding hydrogens is 390 g/mol. The van der Waals surface area contributed by atoms with Gasteiger partial charge in [0.2, 0.25) is 0 Å². The monoisotopic (exact) mass is 410 g/mol. The summed E-state index contributed by atoms with van der Waals surface area (Å²) in [6.45, 7) is 13.6. The summed E-state index contributed by atoms with van der Waals surface area (Å²) in [5.41, 5.74) is 0. The van der Waals surface area contributed by atoms with Crippen molar-refractivity contribution in [2.45, 2.75) is 0 Å². The van der Waals surface area contributed by atoms with Crippen LogP contribution in [0.3, 0.4) is 0 Å². The molecule has 0 saturated heterocycles. The predicted molar refractivity (Wildman–Crippen MR) is 63.7 cm³/mol. The Hall–Kier alpha value is 1.47. The number of hydrogen-bond acceptors (Lipinski definition) is 1. The average Bonchev–Trinajstić information content (AvgIpc) is 1.60. The summed E-state index contributed by atoms with van der Waals surface area (Å²) < 4.78 is 0. The summed E-state index contributed by atoms with van der Waals surface area (Å²) >= 11 is 4.19. The second kappa shape index (κ2) is 22.9. The first-order valence-corrected chi connectivity index (χ1v) is 9.77. The van der Waals surface area contributed by atoms with Crippen molar-refractivity contribution in [1.82, 2.24) is 0 Å². The first kappa shape index (κ1) is 23.4. The number of hydrogen-bond donors (Lipinski definition) is 0. The molecule has 1 radical (unpaired) electrons. The van der Waals surface area contributed by atoms with E-state index in [1.54, 1.807) is 0 Å². The Kier molecular flexibility index (Phi) is 44.5. The van der Waals surface area contributed by atoms with Gasteiger partial charge in [0.1, 0.15) is 0 Å². The summed E-state index contributed by atoms with van der Waals surface area (Å²) in [6, 6.07) is 0. The van der Waals surface area contributed by atoms with Gasteiger partial charge in [0.05, 0.1) is 0 Å². The van der Waals surface area contributed by atoms with Crippen molar-refractivity contribution in [3.63, 3.8) is 0 Å². The summed E-state index contributed by atoms with van der Waals surface area (Å²) in [4.78, 5) is 8.45. The fraction of sp³-hybridized carbons (Fsp3) is 0.857. The Bertz CT molecular complexity index is 60.9. The zero-order chi connectivity index (χ0) is 9.86. The second-order valence-electron chi connectivity index (χ2n) is 3.08. The van der Waals surface area contributed by atoms with Crippen LogP contribution in [0.1, 0.15) is 0 Å². The maximum absolute atomic E-state index is 8.45. The number of rotatable bonds is 0. The van der Waals surface area contributed by atoms with E-state index in [1.807, 2.05) is 0 Å². The van der Waals surface area contributed by atoms with Gasteiger partial charge in [0, 0.05) is 60.1 Å². The fourth-order valence-electron chi connectivity index (χ4n) is 0. The molecule has 0 aliphatic carbocycles. The standard InChI is InChI=1S/2C3H9P.CClO.Ir/c2*1-4(2)3;2-1-3;/h2*1-3H3;;/q;;-1;/p+2. The molecule has 5 heteroatoms. The maximum Gasteiger partial charge on any atom is 0.0461 e. The molecule has 0 aliphatic heterocycles. The molecule has 0 fully saturated rings. The van der Waals surface area contributed by atoms with Gasteiger partial charge in [-0.2, -0.15) is 5.75 Å². The molecule has 0 saturated carbocycles. The molecule has 0 aromatic carbocycles. The Morgan fingerprint density at radius 3 is 0.917 bits per heavy atom. The van der Waals surface area contributed by atoms with Crippen LogP contribution >= 0.6 is 27.4 Å². The van der Waals surface area contributed by atoms with Crippen LogP contribution in [0.2, 0.25) is 0 Å². The topological polar surface area (TPSA) is 17.1 Å². The molecule has 0 unspecified atom stereocenters. The molecule has 0 bridgehead atoms. The fourth-order valence-corrected chi connectivity index (χ4v) is 0. The van der Waals surface area contributed by atoms with Crippen LogP contribution in [-0.4, -0.2) is 45.7 Å². The van der Waals surface area contributed by atoms with Gasteiger partial charge in [0.25, 0.3) is 0 Å². The Morgan fingerprint density at radius 1 is 0.917 bits per heavy atom. The molecule has 79 valence electrons. The van der Waals surface area contributed by atoms with Crippen molar-refractivity contribution in [3.05, 3.63) is 0 Å². The van der Waals surface area contributed by atoms with Crippen molar-refractivity contribution in [2.75, 3.05) is 40.0 Å². The molecule has 0 aliphatic rings. The average molecular weight is 410 g/mol. The van der Waals surface area contributed by atoms with Crippen molar-refractivity contribution in [3.8, 4) is 0 Å². The first-order valence-electron chi connectivity index (χ1n) is 3.39. The molecule has 12 heavy (non-hydrogen) atoms. The van der Waals surface area contributed by atoms with E-state index in [4.69, 9.17) is 4.79 Å².